The minimum atomic E-state index is -1.07. The van der Waals surface area contributed by atoms with Gasteiger partial charge in [-0.25, -0.2) is 8.78 Å². The smallest absolute Gasteiger partial charge is 0.244 e. The first-order valence-electron chi connectivity index (χ1n) is 7.22. The molecule has 0 unspecified atom stereocenters. The fourth-order valence-corrected chi connectivity index (χ4v) is 2.14. The lowest BCUT2D eigenvalue weighted by atomic mass is 10.0. The topological polar surface area (TPSA) is 72.2 Å². The Morgan fingerprint density at radius 2 is 1.71 bits per heavy atom. The van der Waals surface area contributed by atoms with Gasteiger partial charge in [-0.2, -0.15) is 0 Å². The van der Waals surface area contributed by atoms with Gasteiger partial charge in [0.25, 0.3) is 0 Å². The van der Waals surface area contributed by atoms with Crippen LogP contribution in [0.3, 0.4) is 0 Å². The van der Waals surface area contributed by atoms with E-state index in [-0.39, 0.29) is 12.0 Å². The summed E-state index contributed by atoms with van der Waals surface area (Å²) in [5, 5.41) is 2.43. The van der Waals surface area contributed by atoms with E-state index in [2.05, 4.69) is 5.32 Å². The molecule has 24 heavy (non-hydrogen) atoms. The van der Waals surface area contributed by atoms with Crippen molar-refractivity contribution in [3.8, 4) is 0 Å². The second-order valence-electron chi connectivity index (χ2n) is 5.19. The van der Waals surface area contributed by atoms with Crippen LogP contribution in [-0.2, 0) is 16.0 Å². The molecule has 0 aliphatic heterocycles. The minimum absolute atomic E-state index is 0.102. The third-order valence-electron chi connectivity index (χ3n) is 3.25. The zero-order valence-electron chi connectivity index (χ0n) is 12.7. The molecule has 2 aromatic carbocycles. The van der Waals surface area contributed by atoms with Gasteiger partial charge >= 0.3 is 0 Å². The first-order valence-corrected chi connectivity index (χ1v) is 7.22. The SMILES string of the molecule is NC(=O)[C@H](Cc1cc(F)cc(F)c1)NC(=O)/C=C/c1ccccc1. The van der Waals surface area contributed by atoms with Crippen molar-refractivity contribution < 1.29 is 18.4 Å². The van der Waals surface area contributed by atoms with Crippen LogP contribution in [0.1, 0.15) is 11.1 Å². The third kappa shape index (κ3) is 5.31. The van der Waals surface area contributed by atoms with Gasteiger partial charge in [0, 0.05) is 18.6 Å². The summed E-state index contributed by atoms with van der Waals surface area (Å²) in [6, 6.07) is 10.9. The second kappa shape index (κ2) is 8.01. The van der Waals surface area contributed by atoms with Crippen LogP contribution < -0.4 is 11.1 Å². The van der Waals surface area contributed by atoms with Gasteiger partial charge in [0.05, 0.1) is 0 Å². The van der Waals surface area contributed by atoms with E-state index < -0.39 is 29.5 Å². The highest BCUT2D eigenvalue weighted by atomic mass is 19.1. The second-order valence-corrected chi connectivity index (χ2v) is 5.19. The summed E-state index contributed by atoms with van der Waals surface area (Å²) in [6.45, 7) is 0. The lowest BCUT2D eigenvalue weighted by Gasteiger charge is -2.14. The van der Waals surface area contributed by atoms with Gasteiger partial charge in [0.2, 0.25) is 11.8 Å². The molecule has 0 bridgehead atoms. The molecule has 124 valence electrons. The molecule has 2 rings (SSSR count). The molecule has 0 radical (unpaired) electrons. The predicted molar refractivity (Wildman–Crippen MR) is 86.7 cm³/mol. The number of hydrogen-bond acceptors (Lipinski definition) is 2. The van der Waals surface area contributed by atoms with Crippen molar-refractivity contribution in [1.82, 2.24) is 5.32 Å². The van der Waals surface area contributed by atoms with Crippen molar-refractivity contribution in [3.63, 3.8) is 0 Å². The van der Waals surface area contributed by atoms with Gasteiger partial charge in [0.15, 0.2) is 0 Å². The van der Waals surface area contributed by atoms with Gasteiger partial charge < -0.3 is 11.1 Å². The first kappa shape index (κ1) is 17.3. The van der Waals surface area contributed by atoms with Crippen LogP contribution in [0, 0.1) is 11.6 Å². The first-order chi connectivity index (χ1) is 11.4. The Balaban J connectivity index is 2.04. The Bertz CT molecular complexity index is 741. The van der Waals surface area contributed by atoms with E-state index in [9.17, 15) is 18.4 Å². The number of carbonyl (C=O) groups excluding carboxylic acids is 2. The summed E-state index contributed by atoms with van der Waals surface area (Å²) >= 11 is 0. The molecule has 0 saturated carbocycles. The van der Waals surface area contributed by atoms with Gasteiger partial charge in [0.1, 0.15) is 17.7 Å². The van der Waals surface area contributed by atoms with Gasteiger partial charge in [-0.1, -0.05) is 30.3 Å². The molecule has 3 N–H and O–H groups in total. The van der Waals surface area contributed by atoms with Crippen LogP contribution in [0.5, 0.6) is 0 Å². The van der Waals surface area contributed by atoms with Crippen LogP contribution >= 0.6 is 0 Å². The van der Waals surface area contributed by atoms with Crippen molar-refractivity contribution in [2.45, 2.75) is 12.5 Å². The fourth-order valence-electron chi connectivity index (χ4n) is 2.14. The molecule has 0 heterocycles. The van der Waals surface area contributed by atoms with E-state index in [1.165, 1.54) is 6.08 Å². The molecular weight excluding hydrogens is 314 g/mol. The zero-order valence-corrected chi connectivity index (χ0v) is 12.7. The van der Waals surface area contributed by atoms with Gasteiger partial charge in [-0.3, -0.25) is 9.59 Å². The van der Waals surface area contributed by atoms with Gasteiger partial charge in [-0.05, 0) is 29.3 Å². The maximum absolute atomic E-state index is 13.2. The molecule has 0 saturated heterocycles. The summed E-state index contributed by atoms with van der Waals surface area (Å²) in [6.07, 6.45) is 2.74. The molecule has 0 spiro atoms. The lowest BCUT2D eigenvalue weighted by molar-refractivity contribution is -0.124. The van der Waals surface area contributed by atoms with E-state index in [1.54, 1.807) is 6.08 Å². The Labute approximate surface area is 138 Å². The van der Waals surface area contributed by atoms with E-state index in [0.717, 1.165) is 23.8 Å². The summed E-state index contributed by atoms with van der Waals surface area (Å²) in [7, 11) is 0. The normalized spacial score (nSPS) is 12.1. The fraction of sp³-hybridized carbons (Fsp3) is 0.111. The van der Waals surface area contributed by atoms with Crippen molar-refractivity contribution in [3.05, 3.63) is 77.4 Å². The van der Waals surface area contributed by atoms with Crippen LogP contribution in [0.4, 0.5) is 8.78 Å². The maximum Gasteiger partial charge on any atom is 0.244 e. The van der Waals surface area contributed by atoms with E-state index in [4.69, 9.17) is 5.73 Å². The van der Waals surface area contributed by atoms with Crippen molar-refractivity contribution in [2.24, 2.45) is 5.73 Å². The molecule has 0 aliphatic rings. The number of primary amides is 1. The van der Waals surface area contributed by atoms with E-state index in [0.29, 0.717) is 0 Å². The average molecular weight is 330 g/mol. The van der Waals surface area contributed by atoms with Crippen LogP contribution in [0.2, 0.25) is 0 Å². The molecule has 6 heteroatoms. The lowest BCUT2D eigenvalue weighted by Crippen LogP contribution is -2.45. The molecule has 1 atom stereocenters. The van der Waals surface area contributed by atoms with Crippen molar-refractivity contribution >= 4 is 17.9 Å². The van der Waals surface area contributed by atoms with E-state index >= 15 is 0 Å². The highest BCUT2D eigenvalue weighted by Gasteiger charge is 2.18. The van der Waals surface area contributed by atoms with Crippen LogP contribution in [0.15, 0.2) is 54.6 Å². The number of amides is 2. The summed E-state index contributed by atoms with van der Waals surface area (Å²) in [4.78, 5) is 23.4. The molecule has 0 fully saturated rings. The summed E-state index contributed by atoms with van der Waals surface area (Å²) in [5.41, 5.74) is 6.29. The third-order valence-corrected chi connectivity index (χ3v) is 3.25. The summed E-state index contributed by atoms with van der Waals surface area (Å²) < 4.78 is 26.4. The Morgan fingerprint density at radius 1 is 1.08 bits per heavy atom. The van der Waals surface area contributed by atoms with E-state index in [1.807, 2.05) is 30.3 Å². The summed E-state index contributed by atoms with van der Waals surface area (Å²) in [5.74, 6) is -2.84. The number of halogens is 2. The number of nitrogens with one attached hydrogen (secondary N) is 1. The van der Waals surface area contributed by atoms with Gasteiger partial charge in [-0.15, -0.1) is 0 Å². The Morgan fingerprint density at radius 3 is 2.29 bits per heavy atom. The number of nitrogens with two attached hydrogens (primary N) is 1. The Hall–Kier alpha value is -3.02. The van der Waals surface area contributed by atoms with Crippen molar-refractivity contribution in [2.75, 3.05) is 0 Å². The van der Waals surface area contributed by atoms with Crippen LogP contribution in [-0.4, -0.2) is 17.9 Å². The monoisotopic (exact) mass is 330 g/mol. The number of benzene rings is 2. The zero-order chi connectivity index (χ0) is 17.5. The maximum atomic E-state index is 13.2. The number of hydrogen-bond donors (Lipinski definition) is 2. The highest BCUT2D eigenvalue weighted by Crippen LogP contribution is 2.10. The Kier molecular flexibility index (Phi) is 5.78. The molecule has 0 aromatic heterocycles. The number of rotatable bonds is 6. The van der Waals surface area contributed by atoms with Crippen LogP contribution in [0.25, 0.3) is 6.08 Å². The number of carbonyl (C=O) groups is 2. The standard InChI is InChI=1S/C18H16F2N2O2/c19-14-8-13(9-15(20)11-14)10-16(18(21)24)22-17(23)7-6-12-4-2-1-3-5-12/h1-9,11,16H,10H2,(H2,21,24)(H,22,23)/b7-6+/t16-/m0/s1. The molecule has 2 amide bonds. The largest absolute Gasteiger partial charge is 0.368 e. The molecule has 4 nitrogen and oxygen atoms in total. The van der Waals surface area contributed by atoms with Crippen molar-refractivity contribution in [1.29, 1.82) is 0 Å². The molecular formula is C18H16F2N2O2. The molecule has 2 aromatic rings. The quantitative estimate of drug-likeness (QED) is 0.797. The average Bonchev–Trinajstić information content (AvgIpc) is 2.52. The molecule has 0 aliphatic carbocycles. The minimum Gasteiger partial charge on any atom is -0.368 e. The predicted octanol–water partition coefficient (Wildman–Crippen LogP) is 2.19. The highest BCUT2D eigenvalue weighted by molar-refractivity contribution is 5.95.